The highest BCUT2D eigenvalue weighted by Gasteiger charge is 2.33. The number of carbonyl (C=O) groups excluding carboxylic acids is 1. The summed E-state index contributed by atoms with van der Waals surface area (Å²) in [7, 11) is 0. The molecule has 1 aromatic rings. The Morgan fingerprint density at radius 3 is 2.78 bits per heavy atom. The molecule has 2 unspecified atom stereocenters. The van der Waals surface area contributed by atoms with Crippen LogP contribution in [0.5, 0.6) is 0 Å². The number of carbonyl (C=O) groups is 1. The molecule has 1 amide bonds. The van der Waals surface area contributed by atoms with E-state index >= 15 is 0 Å². The zero-order valence-electron chi connectivity index (χ0n) is 11.2. The van der Waals surface area contributed by atoms with Gasteiger partial charge in [-0.1, -0.05) is 22.9 Å². The molecule has 0 spiro atoms. The maximum absolute atomic E-state index is 12.6. The molecule has 0 N–H and O–H groups in total. The van der Waals surface area contributed by atoms with Crippen molar-refractivity contribution < 1.29 is 4.79 Å². The molecular formula is C15H20BrNO. The molecule has 1 aliphatic heterocycles. The first kappa shape index (κ1) is 13.6. The van der Waals surface area contributed by atoms with Crippen LogP contribution in [0.25, 0.3) is 0 Å². The first-order valence-corrected chi connectivity index (χ1v) is 7.42. The lowest BCUT2D eigenvalue weighted by Gasteiger charge is -2.28. The van der Waals surface area contributed by atoms with E-state index in [0.717, 1.165) is 34.9 Å². The number of nitrogens with zero attached hydrogens (tertiary/aromatic N) is 1. The summed E-state index contributed by atoms with van der Waals surface area (Å²) in [6, 6.07) is 6.63. The Bertz CT molecular complexity index is 458. The van der Waals surface area contributed by atoms with Gasteiger partial charge in [0.25, 0.3) is 5.91 Å². The zero-order chi connectivity index (χ0) is 13.3. The average molecular weight is 310 g/mol. The molecule has 1 heterocycles. The van der Waals surface area contributed by atoms with Crippen LogP contribution in [0.4, 0.5) is 0 Å². The van der Waals surface area contributed by atoms with Gasteiger partial charge in [-0.2, -0.15) is 0 Å². The van der Waals surface area contributed by atoms with Crippen LogP contribution in [-0.2, 0) is 0 Å². The Morgan fingerprint density at radius 1 is 1.44 bits per heavy atom. The highest BCUT2D eigenvalue weighted by Crippen LogP contribution is 2.28. The van der Waals surface area contributed by atoms with Crippen molar-refractivity contribution >= 4 is 21.8 Å². The Hall–Kier alpha value is -0.830. The number of aryl methyl sites for hydroxylation is 1. The van der Waals surface area contributed by atoms with Gasteiger partial charge >= 0.3 is 0 Å². The third-order valence-electron chi connectivity index (χ3n) is 3.90. The number of amides is 1. The van der Waals surface area contributed by atoms with E-state index in [1.165, 1.54) is 0 Å². The summed E-state index contributed by atoms with van der Waals surface area (Å²) < 4.78 is 1.06. The van der Waals surface area contributed by atoms with Crippen LogP contribution in [0.2, 0.25) is 0 Å². The number of hydrogen-bond acceptors (Lipinski definition) is 1. The fourth-order valence-corrected chi connectivity index (χ4v) is 3.01. The second-order valence-corrected chi connectivity index (χ2v) is 6.02. The summed E-state index contributed by atoms with van der Waals surface area (Å²) in [6.07, 6.45) is 3.31. The molecule has 1 saturated heterocycles. The fourth-order valence-electron chi connectivity index (χ4n) is 2.77. The Morgan fingerprint density at radius 2 is 2.17 bits per heavy atom. The minimum Gasteiger partial charge on any atom is -0.333 e. The molecule has 0 aromatic heterocycles. The van der Waals surface area contributed by atoms with Crippen LogP contribution >= 0.6 is 15.9 Å². The van der Waals surface area contributed by atoms with E-state index in [4.69, 9.17) is 0 Å². The average Bonchev–Trinajstić information content (AvgIpc) is 2.73. The van der Waals surface area contributed by atoms with Crippen LogP contribution < -0.4 is 0 Å². The molecule has 1 fully saturated rings. The molecule has 0 radical (unpaired) electrons. The van der Waals surface area contributed by atoms with Crippen LogP contribution in [0.3, 0.4) is 0 Å². The molecule has 0 saturated carbocycles. The number of rotatable bonds is 2. The molecule has 1 aliphatic rings. The molecule has 3 heteroatoms. The maximum atomic E-state index is 12.6. The lowest BCUT2D eigenvalue weighted by Crippen LogP contribution is -2.39. The van der Waals surface area contributed by atoms with Gasteiger partial charge in [-0.05, 0) is 56.9 Å². The van der Waals surface area contributed by atoms with E-state index in [9.17, 15) is 4.79 Å². The van der Waals surface area contributed by atoms with E-state index in [0.29, 0.717) is 12.1 Å². The summed E-state index contributed by atoms with van der Waals surface area (Å²) in [6.45, 7) is 6.33. The molecule has 2 rings (SSSR count). The Kier molecular flexibility index (Phi) is 4.10. The molecular weight excluding hydrogens is 290 g/mol. The van der Waals surface area contributed by atoms with Gasteiger partial charge < -0.3 is 4.90 Å². The van der Waals surface area contributed by atoms with E-state index in [1.54, 1.807) is 0 Å². The zero-order valence-corrected chi connectivity index (χ0v) is 12.8. The normalized spacial score (nSPS) is 23.4. The summed E-state index contributed by atoms with van der Waals surface area (Å²) in [5.74, 6) is 0.183. The first-order valence-electron chi connectivity index (χ1n) is 6.63. The largest absolute Gasteiger partial charge is 0.333 e. The van der Waals surface area contributed by atoms with Crippen molar-refractivity contribution in [1.29, 1.82) is 0 Å². The van der Waals surface area contributed by atoms with E-state index < -0.39 is 0 Å². The van der Waals surface area contributed by atoms with Gasteiger partial charge in [-0.25, -0.2) is 0 Å². The minimum absolute atomic E-state index is 0.183. The van der Waals surface area contributed by atoms with Crippen molar-refractivity contribution in [3.05, 3.63) is 33.8 Å². The highest BCUT2D eigenvalue weighted by atomic mass is 79.9. The predicted octanol–water partition coefficient (Wildman–Crippen LogP) is 4.16. The Labute approximate surface area is 117 Å². The van der Waals surface area contributed by atoms with Crippen LogP contribution in [0.15, 0.2) is 22.7 Å². The monoisotopic (exact) mass is 309 g/mol. The van der Waals surface area contributed by atoms with Gasteiger partial charge in [-0.15, -0.1) is 0 Å². The summed E-state index contributed by atoms with van der Waals surface area (Å²) in [5.41, 5.74) is 1.92. The predicted molar refractivity (Wildman–Crippen MR) is 77.8 cm³/mol. The van der Waals surface area contributed by atoms with Crippen molar-refractivity contribution in [3.8, 4) is 0 Å². The highest BCUT2D eigenvalue weighted by molar-refractivity contribution is 9.10. The second-order valence-electron chi connectivity index (χ2n) is 5.16. The van der Waals surface area contributed by atoms with Gasteiger partial charge in [-0.3, -0.25) is 4.79 Å². The smallest absolute Gasteiger partial charge is 0.254 e. The summed E-state index contributed by atoms with van der Waals surface area (Å²) >= 11 is 3.47. The van der Waals surface area contributed by atoms with Crippen molar-refractivity contribution in [2.75, 3.05) is 0 Å². The van der Waals surface area contributed by atoms with E-state index in [1.807, 2.05) is 25.1 Å². The minimum atomic E-state index is 0.183. The topological polar surface area (TPSA) is 20.3 Å². The lowest BCUT2D eigenvalue weighted by molar-refractivity contribution is 0.0676. The first-order chi connectivity index (χ1) is 8.54. The molecule has 1 aromatic carbocycles. The molecule has 0 aliphatic carbocycles. The van der Waals surface area contributed by atoms with E-state index in [2.05, 4.69) is 34.7 Å². The molecule has 2 atom stereocenters. The van der Waals surface area contributed by atoms with E-state index in [-0.39, 0.29) is 5.91 Å². The van der Waals surface area contributed by atoms with Crippen LogP contribution in [0, 0.1) is 6.92 Å². The van der Waals surface area contributed by atoms with Gasteiger partial charge in [0.15, 0.2) is 0 Å². The molecule has 0 bridgehead atoms. The van der Waals surface area contributed by atoms with Crippen molar-refractivity contribution in [1.82, 2.24) is 4.90 Å². The number of benzene rings is 1. The quantitative estimate of drug-likeness (QED) is 0.803. The summed E-state index contributed by atoms with van der Waals surface area (Å²) in [4.78, 5) is 14.7. The second kappa shape index (κ2) is 5.43. The third kappa shape index (κ3) is 2.46. The van der Waals surface area contributed by atoms with Crippen molar-refractivity contribution in [2.24, 2.45) is 0 Å². The lowest BCUT2D eigenvalue weighted by atomic mass is 10.1. The standard InChI is InChI=1S/C15H20BrNO/c1-4-13-7-5-11(3)17(13)15(18)12-6-8-14(16)10(2)9-12/h6,8-9,11,13H,4-5,7H2,1-3H3. The fraction of sp³-hybridized carbons (Fsp3) is 0.533. The summed E-state index contributed by atoms with van der Waals surface area (Å²) in [5, 5.41) is 0. The SMILES string of the molecule is CCC1CCC(C)N1C(=O)c1ccc(Br)c(C)c1. The maximum Gasteiger partial charge on any atom is 0.254 e. The Balaban J connectivity index is 2.27. The van der Waals surface area contributed by atoms with Crippen molar-refractivity contribution in [3.63, 3.8) is 0 Å². The molecule has 98 valence electrons. The third-order valence-corrected chi connectivity index (χ3v) is 4.79. The molecule has 18 heavy (non-hydrogen) atoms. The van der Waals surface area contributed by atoms with Gasteiger partial charge in [0.1, 0.15) is 0 Å². The number of likely N-dealkylation sites (tertiary alicyclic amines) is 1. The van der Waals surface area contributed by atoms with Crippen LogP contribution in [-0.4, -0.2) is 22.9 Å². The van der Waals surface area contributed by atoms with Gasteiger partial charge in [0.2, 0.25) is 0 Å². The number of hydrogen-bond donors (Lipinski definition) is 0. The molecule has 2 nitrogen and oxygen atoms in total. The van der Waals surface area contributed by atoms with Gasteiger partial charge in [0.05, 0.1) is 0 Å². The van der Waals surface area contributed by atoms with Crippen molar-refractivity contribution in [2.45, 2.75) is 52.1 Å². The van der Waals surface area contributed by atoms with Gasteiger partial charge in [0, 0.05) is 22.1 Å². The van der Waals surface area contributed by atoms with Crippen LogP contribution in [0.1, 0.15) is 49.0 Å². The number of halogens is 1.